The predicted octanol–water partition coefficient (Wildman–Crippen LogP) is 5.14. The normalized spacial score (nSPS) is 14.2. The number of hydrogen-bond acceptors (Lipinski definition) is 4. The molecule has 1 saturated heterocycles. The second-order valence-electron chi connectivity index (χ2n) is 7.11. The van der Waals surface area contributed by atoms with Gasteiger partial charge in [0.15, 0.2) is 0 Å². The molecule has 0 aliphatic carbocycles. The van der Waals surface area contributed by atoms with Crippen LogP contribution in [0.4, 0.5) is 24.5 Å². The number of rotatable bonds is 5. The van der Waals surface area contributed by atoms with Crippen LogP contribution in [0.3, 0.4) is 0 Å². The van der Waals surface area contributed by atoms with Gasteiger partial charge in [0, 0.05) is 23.9 Å². The van der Waals surface area contributed by atoms with Crippen LogP contribution in [0.5, 0.6) is 0 Å². The average Bonchev–Trinajstić information content (AvgIpc) is 3.37. The van der Waals surface area contributed by atoms with E-state index in [4.69, 9.17) is 0 Å². The molecular formula is C22H18F3N3O2S. The van der Waals surface area contributed by atoms with Gasteiger partial charge in [-0.15, -0.1) is 11.3 Å². The molecule has 0 saturated carbocycles. The summed E-state index contributed by atoms with van der Waals surface area (Å²) in [6, 6.07) is 11.9. The fourth-order valence-corrected chi connectivity index (χ4v) is 4.22. The van der Waals surface area contributed by atoms with E-state index in [9.17, 15) is 22.8 Å². The topological polar surface area (TPSA) is 62.3 Å². The fraction of sp³-hybridized carbons (Fsp3) is 0.227. The molecule has 2 amide bonds. The lowest BCUT2D eigenvalue weighted by Crippen LogP contribution is -2.26. The largest absolute Gasteiger partial charge is 0.416 e. The van der Waals surface area contributed by atoms with Gasteiger partial charge in [0.2, 0.25) is 11.8 Å². The summed E-state index contributed by atoms with van der Waals surface area (Å²) in [5.74, 6) is -0.259. The van der Waals surface area contributed by atoms with Crippen LogP contribution in [0.2, 0.25) is 0 Å². The van der Waals surface area contributed by atoms with E-state index < -0.39 is 11.7 Å². The minimum absolute atomic E-state index is 0.0133. The summed E-state index contributed by atoms with van der Waals surface area (Å²) in [6.07, 6.45) is -3.10. The van der Waals surface area contributed by atoms with Crippen molar-refractivity contribution in [3.63, 3.8) is 0 Å². The van der Waals surface area contributed by atoms with Gasteiger partial charge in [-0.1, -0.05) is 24.3 Å². The Morgan fingerprint density at radius 3 is 2.55 bits per heavy atom. The molecule has 0 atom stereocenters. The minimum Gasteiger partial charge on any atom is -0.324 e. The van der Waals surface area contributed by atoms with E-state index in [1.165, 1.54) is 23.5 Å². The third-order valence-electron chi connectivity index (χ3n) is 4.89. The van der Waals surface area contributed by atoms with Crippen LogP contribution in [0.15, 0.2) is 53.9 Å². The average molecular weight is 445 g/mol. The molecule has 2 aromatic carbocycles. The quantitative estimate of drug-likeness (QED) is 0.592. The fourth-order valence-electron chi connectivity index (χ4n) is 3.40. The van der Waals surface area contributed by atoms with Crippen molar-refractivity contribution in [1.82, 2.24) is 4.98 Å². The van der Waals surface area contributed by atoms with Crippen molar-refractivity contribution < 1.29 is 22.8 Å². The molecule has 0 unspecified atom stereocenters. The highest BCUT2D eigenvalue weighted by Crippen LogP contribution is 2.32. The van der Waals surface area contributed by atoms with Gasteiger partial charge in [-0.05, 0) is 30.7 Å². The molecule has 5 nitrogen and oxygen atoms in total. The summed E-state index contributed by atoms with van der Waals surface area (Å²) >= 11 is 1.26. The maximum atomic E-state index is 12.7. The van der Waals surface area contributed by atoms with Crippen molar-refractivity contribution in [1.29, 1.82) is 0 Å². The van der Waals surface area contributed by atoms with Crippen LogP contribution in [0.1, 0.15) is 24.1 Å². The van der Waals surface area contributed by atoms with Crippen LogP contribution in [-0.2, 0) is 22.2 Å². The number of nitrogens with zero attached hydrogens (tertiary/aromatic N) is 2. The van der Waals surface area contributed by atoms with Crippen LogP contribution < -0.4 is 10.2 Å². The van der Waals surface area contributed by atoms with Crippen LogP contribution in [0.25, 0.3) is 10.6 Å². The zero-order valence-corrected chi connectivity index (χ0v) is 17.1. The first-order chi connectivity index (χ1) is 14.8. The monoisotopic (exact) mass is 445 g/mol. The molecule has 3 aromatic rings. The van der Waals surface area contributed by atoms with Gasteiger partial charge in [-0.2, -0.15) is 13.2 Å². The van der Waals surface area contributed by atoms with Crippen LogP contribution in [-0.4, -0.2) is 23.3 Å². The maximum Gasteiger partial charge on any atom is 0.416 e. The number of para-hydroxylation sites is 2. The molecule has 1 fully saturated rings. The van der Waals surface area contributed by atoms with E-state index in [1.54, 1.807) is 28.5 Å². The van der Waals surface area contributed by atoms with Crippen LogP contribution >= 0.6 is 11.3 Å². The number of thiazole rings is 1. The Balaban J connectivity index is 1.44. The van der Waals surface area contributed by atoms with Gasteiger partial charge >= 0.3 is 6.18 Å². The lowest BCUT2D eigenvalue weighted by atomic mass is 10.1. The molecule has 1 aliphatic rings. The SMILES string of the molecule is O=C(Cc1csc(-c2ccc(C(F)(F)F)cc2)n1)Nc1ccccc1N1CCCC1=O. The number of hydrogen-bond donors (Lipinski definition) is 1. The number of halogens is 3. The van der Waals surface area contributed by atoms with E-state index in [1.807, 2.05) is 6.07 Å². The molecule has 160 valence electrons. The van der Waals surface area contributed by atoms with Gasteiger partial charge in [0.25, 0.3) is 0 Å². The van der Waals surface area contributed by atoms with Gasteiger partial charge in [-0.25, -0.2) is 4.98 Å². The number of benzene rings is 2. The highest BCUT2D eigenvalue weighted by Gasteiger charge is 2.30. The molecule has 31 heavy (non-hydrogen) atoms. The Morgan fingerprint density at radius 1 is 1.13 bits per heavy atom. The number of alkyl halides is 3. The van der Waals surface area contributed by atoms with E-state index in [0.717, 1.165) is 18.6 Å². The molecule has 1 aliphatic heterocycles. The first kappa shape index (κ1) is 21.0. The van der Waals surface area contributed by atoms with Crippen molar-refractivity contribution in [2.45, 2.75) is 25.4 Å². The molecule has 2 heterocycles. The van der Waals surface area contributed by atoms with E-state index >= 15 is 0 Å². The van der Waals surface area contributed by atoms with Crippen molar-refractivity contribution in [3.05, 3.63) is 65.2 Å². The van der Waals surface area contributed by atoms with Crippen LogP contribution in [0, 0.1) is 0 Å². The summed E-state index contributed by atoms with van der Waals surface area (Å²) in [7, 11) is 0. The Labute approximate surface area is 180 Å². The maximum absolute atomic E-state index is 12.7. The Kier molecular flexibility index (Phi) is 5.77. The lowest BCUT2D eigenvalue weighted by molar-refractivity contribution is -0.137. The minimum atomic E-state index is -4.39. The van der Waals surface area contributed by atoms with Gasteiger partial charge in [0.1, 0.15) is 5.01 Å². The van der Waals surface area contributed by atoms with Crippen molar-refractivity contribution in [3.8, 4) is 10.6 Å². The second-order valence-corrected chi connectivity index (χ2v) is 7.97. The number of aromatic nitrogens is 1. The third-order valence-corrected chi connectivity index (χ3v) is 5.84. The smallest absolute Gasteiger partial charge is 0.324 e. The van der Waals surface area contributed by atoms with E-state index in [-0.39, 0.29) is 18.2 Å². The second kappa shape index (κ2) is 8.50. The van der Waals surface area contributed by atoms with E-state index in [0.29, 0.717) is 40.6 Å². The molecule has 0 bridgehead atoms. The van der Waals surface area contributed by atoms with Crippen molar-refractivity contribution in [2.24, 2.45) is 0 Å². The molecule has 9 heteroatoms. The van der Waals surface area contributed by atoms with E-state index in [2.05, 4.69) is 10.3 Å². The molecule has 0 radical (unpaired) electrons. The zero-order chi connectivity index (χ0) is 22.0. The van der Waals surface area contributed by atoms with Gasteiger partial charge in [-0.3, -0.25) is 9.59 Å². The highest BCUT2D eigenvalue weighted by atomic mass is 32.1. The first-order valence-corrected chi connectivity index (χ1v) is 10.5. The zero-order valence-electron chi connectivity index (χ0n) is 16.3. The number of carbonyl (C=O) groups excluding carboxylic acids is 2. The Morgan fingerprint density at radius 2 is 1.87 bits per heavy atom. The van der Waals surface area contributed by atoms with Crippen molar-refractivity contribution >= 4 is 34.5 Å². The number of carbonyl (C=O) groups is 2. The summed E-state index contributed by atoms with van der Waals surface area (Å²) in [4.78, 5) is 30.7. The molecule has 1 aromatic heterocycles. The van der Waals surface area contributed by atoms with Crippen molar-refractivity contribution in [2.75, 3.05) is 16.8 Å². The summed E-state index contributed by atoms with van der Waals surface area (Å²) < 4.78 is 38.2. The lowest BCUT2D eigenvalue weighted by Gasteiger charge is -2.19. The molecule has 1 N–H and O–H groups in total. The highest BCUT2D eigenvalue weighted by molar-refractivity contribution is 7.13. The number of nitrogens with one attached hydrogen (secondary N) is 1. The number of anilines is 2. The molecule has 0 spiro atoms. The van der Waals surface area contributed by atoms with Gasteiger partial charge in [0.05, 0.1) is 29.1 Å². The Bertz CT molecular complexity index is 1110. The number of amides is 2. The standard InChI is InChI=1S/C22H18F3N3O2S/c23-22(24,25)15-9-7-14(8-10-15)21-26-16(13-31-21)12-19(29)27-17-4-1-2-5-18(17)28-11-3-6-20(28)30/h1-2,4-5,7-10,13H,3,6,11-12H2,(H,27,29). The molecule has 4 rings (SSSR count). The molecular weight excluding hydrogens is 427 g/mol. The van der Waals surface area contributed by atoms with Gasteiger partial charge < -0.3 is 10.2 Å². The third kappa shape index (κ3) is 4.77. The Hall–Kier alpha value is -3.20. The first-order valence-electron chi connectivity index (χ1n) is 9.62. The summed E-state index contributed by atoms with van der Waals surface area (Å²) in [5.41, 5.74) is 1.58. The summed E-state index contributed by atoms with van der Waals surface area (Å²) in [6.45, 7) is 0.619. The predicted molar refractivity (Wildman–Crippen MR) is 113 cm³/mol. The summed E-state index contributed by atoms with van der Waals surface area (Å²) in [5, 5.41) is 5.09.